The fraction of sp³-hybridized carbons (Fsp3) is 0.759. The van der Waals surface area contributed by atoms with Gasteiger partial charge in [-0.3, -0.25) is 0 Å². The van der Waals surface area contributed by atoms with E-state index < -0.39 is 0 Å². The van der Waals surface area contributed by atoms with Gasteiger partial charge in [-0.05, 0) is 98.8 Å². The van der Waals surface area contributed by atoms with Crippen LogP contribution in [-0.2, 0) is 18.3 Å². The highest BCUT2D eigenvalue weighted by Crippen LogP contribution is 2.50. The number of hydrogen-bond donors (Lipinski definition) is 0. The van der Waals surface area contributed by atoms with Gasteiger partial charge in [0.25, 0.3) is 0 Å². The summed E-state index contributed by atoms with van der Waals surface area (Å²) in [4.78, 5) is 2.77. The Morgan fingerprint density at radius 2 is 1.66 bits per heavy atom. The van der Waals surface area contributed by atoms with Crippen LogP contribution in [0.2, 0.25) is 0 Å². The zero-order valence-electron chi connectivity index (χ0n) is 21.4. The van der Waals surface area contributed by atoms with Crippen LogP contribution >= 0.6 is 0 Å². The van der Waals surface area contributed by atoms with Crippen LogP contribution in [0, 0.1) is 22.7 Å². The van der Waals surface area contributed by atoms with Gasteiger partial charge in [-0.2, -0.15) is 0 Å². The fourth-order valence-corrected chi connectivity index (χ4v) is 7.03. The minimum atomic E-state index is 0.0211. The van der Waals surface area contributed by atoms with E-state index in [0.29, 0.717) is 10.8 Å². The average molecular weight is 437 g/mol. The van der Waals surface area contributed by atoms with Crippen molar-refractivity contribution in [2.24, 2.45) is 22.7 Å². The highest BCUT2D eigenvalue weighted by molar-refractivity contribution is 5.85. The Bertz CT molecular complexity index is 955. The van der Waals surface area contributed by atoms with Crippen LogP contribution in [0.5, 0.6) is 0 Å². The first-order valence-corrected chi connectivity index (χ1v) is 13.2. The molecule has 1 saturated heterocycles. The third-order valence-corrected chi connectivity index (χ3v) is 9.26. The summed E-state index contributed by atoms with van der Waals surface area (Å²) >= 11 is 0. The zero-order valence-corrected chi connectivity index (χ0v) is 21.4. The lowest BCUT2D eigenvalue weighted by Crippen LogP contribution is -2.44. The molecule has 2 fully saturated rings. The molecule has 3 aliphatic rings. The van der Waals surface area contributed by atoms with E-state index in [1.54, 1.807) is 0 Å². The number of aromatic nitrogens is 1. The van der Waals surface area contributed by atoms with E-state index in [2.05, 4.69) is 63.7 Å². The molecule has 5 rings (SSSR count). The topological polar surface area (TPSA) is 29.3 Å². The van der Waals surface area contributed by atoms with Gasteiger partial charge in [0.1, 0.15) is 0 Å². The van der Waals surface area contributed by atoms with Gasteiger partial charge >= 0.3 is 0 Å². The quantitative estimate of drug-likeness (QED) is 0.500. The van der Waals surface area contributed by atoms with E-state index in [4.69, 9.17) is 4.52 Å². The number of piperidine rings is 1. The van der Waals surface area contributed by atoms with E-state index in [0.717, 1.165) is 29.5 Å². The Balaban J connectivity index is 1.19. The molecule has 1 aromatic heterocycles. The third-order valence-electron chi connectivity index (χ3n) is 9.26. The lowest BCUT2D eigenvalue weighted by molar-refractivity contribution is 0.0247. The maximum Gasteiger partial charge on any atom is 0.170 e. The largest absolute Gasteiger partial charge is 0.356 e. The zero-order chi connectivity index (χ0) is 22.7. The number of nitrogens with zero attached hydrogens (tertiary/aromatic N) is 2. The second kappa shape index (κ2) is 7.86. The Kier molecular flexibility index (Phi) is 5.51. The van der Waals surface area contributed by atoms with Crippen LogP contribution in [0.4, 0.5) is 0 Å². The van der Waals surface area contributed by atoms with Crippen molar-refractivity contribution in [3.05, 3.63) is 29.0 Å². The Labute approximate surface area is 195 Å². The number of rotatable bonds is 2. The summed E-state index contributed by atoms with van der Waals surface area (Å²) in [5.74, 6) is 1.65. The highest BCUT2D eigenvalue weighted by atomic mass is 16.5. The van der Waals surface area contributed by atoms with Crippen molar-refractivity contribution in [3.8, 4) is 0 Å². The van der Waals surface area contributed by atoms with Gasteiger partial charge in [0.15, 0.2) is 5.58 Å². The van der Waals surface area contributed by atoms with E-state index >= 15 is 0 Å². The molecule has 1 aliphatic heterocycles. The Morgan fingerprint density at radius 1 is 0.969 bits per heavy atom. The molecule has 32 heavy (non-hydrogen) atoms. The number of likely N-dealkylation sites (tertiary alicyclic amines) is 1. The first-order valence-electron chi connectivity index (χ1n) is 13.2. The molecule has 1 aromatic carbocycles. The average Bonchev–Trinajstić information content (AvgIpc) is 3.32. The van der Waals surface area contributed by atoms with Gasteiger partial charge in [-0.15, -0.1) is 0 Å². The van der Waals surface area contributed by atoms with E-state index in [9.17, 15) is 0 Å². The van der Waals surface area contributed by atoms with Crippen LogP contribution in [-0.4, -0.2) is 29.7 Å². The van der Waals surface area contributed by atoms with Crippen LogP contribution < -0.4 is 0 Å². The molecular formula is C29H44N2O. The minimum Gasteiger partial charge on any atom is -0.356 e. The molecule has 0 amide bonds. The lowest BCUT2D eigenvalue weighted by atomic mass is 9.61. The van der Waals surface area contributed by atoms with Gasteiger partial charge in [-0.25, -0.2) is 0 Å². The summed E-state index contributed by atoms with van der Waals surface area (Å²) in [7, 11) is 0. The summed E-state index contributed by atoms with van der Waals surface area (Å²) in [6.45, 7) is 17.8. The van der Waals surface area contributed by atoms with Gasteiger partial charge in [0.05, 0.1) is 5.69 Å². The Hall–Kier alpha value is -1.35. The summed E-state index contributed by atoms with van der Waals surface area (Å²) < 4.78 is 5.90. The van der Waals surface area contributed by atoms with Gasteiger partial charge in [-0.1, -0.05) is 52.8 Å². The first-order chi connectivity index (χ1) is 15.0. The predicted molar refractivity (Wildman–Crippen MR) is 133 cm³/mol. The number of fused-ring (bicyclic) bond motifs is 3. The maximum absolute atomic E-state index is 5.90. The molecule has 0 bridgehead atoms. The number of hydrogen-bond acceptors (Lipinski definition) is 3. The van der Waals surface area contributed by atoms with Crippen molar-refractivity contribution < 1.29 is 4.52 Å². The number of benzene rings is 1. The standard InChI is InChI=1S/C29H44N2O/c1-27(2,3)22-9-11-29(12-10-22)13-15-31(16-14-29)19-20-17-21-7-8-23-25(24(21)18-20)32-30-26(23)28(4,5)6/h7-8,20,22H,9-19H2,1-6H3/t20-/m1/s1. The lowest BCUT2D eigenvalue weighted by Gasteiger charge is -2.48. The van der Waals surface area contributed by atoms with Crippen molar-refractivity contribution in [2.45, 2.75) is 98.3 Å². The van der Waals surface area contributed by atoms with Crippen LogP contribution in [0.15, 0.2) is 16.7 Å². The van der Waals surface area contributed by atoms with E-state index in [-0.39, 0.29) is 5.41 Å². The molecule has 1 spiro atoms. The van der Waals surface area contributed by atoms with Gasteiger partial charge in [0, 0.05) is 22.9 Å². The molecule has 3 heteroatoms. The van der Waals surface area contributed by atoms with Crippen molar-refractivity contribution in [1.29, 1.82) is 0 Å². The summed E-state index contributed by atoms with van der Waals surface area (Å²) in [5.41, 5.74) is 6.25. The predicted octanol–water partition coefficient (Wildman–Crippen LogP) is 7.16. The van der Waals surface area contributed by atoms with Crippen LogP contribution in [0.1, 0.15) is 96.9 Å². The molecule has 0 unspecified atom stereocenters. The molecular weight excluding hydrogens is 392 g/mol. The van der Waals surface area contributed by atoms with Gasteiger partial charge < -0.3 is 9.42 Å². The normalized spacial score (nSPS) is 25.0. The SMILES string of the molecule is CC(C)(C)c1noc2c3c(ccc12)C[C@@H](CN1CCC2(CCC(C(C)(C)C)CC2)CC1)C3. The molecule has 2 aliphatic carbocycles. The second-order valence-corrected chi connectivity index (χ2v) is 13.6. The monoisotopic (exact) mass is 436 g/mol. The fourth-order valence-electron chi connectivity index (χ4n) is 7.03. The first kappa shape index (κ1) is 22.4. The molecule has 2 heterocycles. The van der Waals surface area contributed by atoms with Crippen LogP contribution in [0.25, 0.3) is 11.0 Å². The molecule has 2 aromatic rings. The van der Waals surface area contributed by atoms with Crippen molar-refractivity contribution >= 4 is 11.0 Å². The molecule has 1 atom stereocenters. The molecule has 3 nitrogen and oxygen atoms in total. The van der Waals surface area contributed by atoms with Crippen molar-refractivity contribution in [1.82, 2.24) is 10.1 Å². The highest BCUT2D eigenvalue weighted by Gasteiger charge is 2.41. The van der Waals surface area contributed by atoms with Crippen molar-refractivity contribution in [3.63, 3.8) is 0 Å². The molecule has 0 radical (unpaired) electrons. The third kappa shape index (κ3) is 4.15. The van der Waals surface area contributed by atoms with Gasteiger partial charge in [0.2, 0.25) is 0 Å². The van der Waals surface area contributed by atoms with E-state index in [1.165, 1.54) is 81.1 Å². The van der Waals surface area contributed by atoms with Crippen molar-refractivity contribution in [2.75, 3.05) is 19.6 Å². The van der Waals surface area contributed by atoms with Crippen LogP contribution in [0.3, 0.4) is 0 Å². The molecule has 176 valence electrons. The second-order valence-electron chi connectivity index (χ2n) is 13.6. The summed E-state index contributed by atoms with van der Waals surface area (Å²) in [5, 5.41) is 5.69. The molecule has 0 N–H and O–H groups in total. The van der Waals surface area contributed by atoms with E-state index in [1.807, 2.05) is 0 Å². The maximum atomic E-state index is 5.90. The minimum absolute atomic E-state index is 0.0211. The Morgan fingerprint density at radius 3 is 2.28 bits per heavy atom. The summed E-state index contributed by atoms with van der Waals surface area (Å²) in [6.07, 6.45) is 11.0. The molecule has 1 saturated carbocycles. The smallest absolute Gasteiger partial charge is 0.170 e. The summed E-state index contributed by atoms with van der Waals surface area (Å²) in [6, 6.07) is 4.61.